The van der Waals surface area contributed by atoms with Crippen molar-refractivity contribution in [3.05, 3.63) is 29.6 Å². The first kappa shape index (κ1) is 11.1. The van der Waals surface area contributed by atoms with Crippen molar-refractivity contribution in [2.24, 2.45) is 0 Å². The van der Waals surface area contributed by atoms with Gasteiger partial charge in [0.1, 0.15) is 0 Å². The van der Waals surface area contributed by atoms with Crippen molar-refractivity contribution in [3.8, 4) is 0 Å². The van der Waals surface area contributed by atoms with E-state index in [2.05, 4.69) is 4.98 Å². The van der Waals surface area contributed by atoms with E-state index in [1.165, 1.54) is 0 Å². The van der Waals surface area contributed by atoms with Gasteiger partial charge in [0.15, 0.2) is 0 Å². The molecule has 0 atom stereocenters. The van der Waals surface area contributed by atoms with Gasteiger partial charge < -0.3 is 10.0 Å². The lowest BCUT2D eigenvalue weighted by Gasteiger charge is -2.21. The number of carbonyl (C=O) groups is 1. The lowest BCUT2D eigenvalue weighted by atomic mass is 10.2. The Morgan fingerprint density at radius 3 is 2.94 bits per heavy atom. The Labute approximate surface area is 94.9 Å². The summed E-state index contributed by atoms with van der Waals surface area (Å²) in [4.78, 5) is 18.0. The molecule has 1 fully saturated rings. The van der Waals surface area contributed by atoms with Gasteiger partial charge in [-0.2, -0.15) is 0 Å². The number of hydrogen-bond acceptors (Lipinski definition) is 3. The van der Waals surface area contributed by atoms with Crippen molar-refractivity contribution >= 4 is 5.91 Å². The SMILES string of the molecule is Cc1cc(C(=O)N(CCO)C2CC2)ccn1. The summed E-state index contributed by atoms with van der Waals surface area (Å²) in [5.74, 6) is 0.00190. The summed E-state index contributed by atoms with van der Waals surface area (Å²) in [5, 5.41) is 8.96. The van der Waals surface area contributed by atoms with Gasteiger partial charge in [-0.1, -0.05) is 0 Å². The van der Waals surface area contributed by atoms with Crippen LogP contribution in [0.1, 0.15) is 28.9 Å². The lowest BCUT2D eigenvalue weighted by Crippen LogP contribution is -2.35. The second-order valence-corrected chi connectivity index (χ2v) is 4.14. The molecule has 1 aliphatic carbocycles. The monoisotopic (exact) mass is 220 g/mol. The lowest BCUT2D eigenvalue weighted by molar-refractivity contribution is 0.0707. The molecule has 1 aromatic heterocycles. The third kappa shape index (κ3) is 2.39. The fourth-order valence-electron chi connectivity index (χ4n) is 1.79. The molecule has 0 aromatic carbocycles. The van der Waals surface area contributed by atoms with Crippen molar-refractivity contribution in [2.75, 3.05) is 13.2 Å². The van der Waals surface area contributed by atoms with Crippen LogP contribution in [0.3, 0.4) is 0 Å². The molecule has 0 bridgehead atoms. The molecule has 2 rings (SSSR count). The Morgan fingerprint density at radius 2 is 2.38 bits per heavy atom. The quantitative estimate of drug-likeness (QED) is 0.823. The van der Waals surface area contributed by atoms with Crippen molar-refractivity contribution in [3.63, 3.8) is 0 Å². The van der Waals surface area contributed by atoms with Gasteiger partial charge in [-0.15, -0.1) is 0 Å². The van der Waals surface area contributed by atoms with Crippen LogP contribution >= 0.6 is 0 Å². The number of carbonyl (C=O) groups excluding carboxylic acids is 1. The highest BCUT2D eigenvalue weighted by molar-refractivity contribution is 5.94. The Hall–Kier alpha value is -1.42. The zero-order valence-electron chi connectivity index (χ0n) is 9.39. The first-order valence-corrected chi connectivity index (χ1v) is 5.57. The van der Waals surface area contributed by atoms with Gasteiger partial charge in [0.2, 0.25) is 0 Å². The van der Waals surface area contributed by atoms with Crippen molar-refractivity contribution in [1.82, 2.24) is 9.88 Å². The van der Waals surface area contributed by atoms with Crippen molar-refractivity contribution < 1.29 is 9.90 Å². The van der Waals surface area contributed by atoms with Crippen LogP contribution in [0.4, 0.5) is 0 Å². The molecule has 0 aliphatic heterocycles. The third-order valence-electron chi connectivity index (χ3n) is 2.73. The second kappa shape index (κ2) is 4.61. The molecule has 1 heterocycles. The first-order chi connectivity index (χ1) is 7.72. The van der Waals surface area contributed by atoms with E-state index in [1.807, 2.05) is 6.92 Å². The molecule has 4 nitrogen and oxygen atoms in total. The molecule has 1 amide bonds. The predicted octanol–water partition coefficient (Wildman–Crippen LogP) is 0.987. The van der Waals surface area contributed by atoms with Crippen LogP contribution in [0.25, 0.3) is 0 Å². The second-order valence-electron chi connectivity index (χ2n) is 4.14. The number of aromatic nitrogens is 1. The third-order valence-corrected chi connectivity index (χ3v) is 2.73. The summed E-state index contributed by atoms with van der Waals surface area (Å²) in [5.41, 5.74) is 1.50. The van der Waals surface area contributed by atoms with E-state index in [0.29, 0.717) is 18.2 Å². The number of nitrogens with zero attached hydrogens (tertiary/aromatic N) is 2. The van der Waals surface area contributed by atoms with E-state index in [4.69, 9.17) is 5.11 Å². The fraction of sp³-hybridized carbons (Fsp3) is 0.500. The number of hydrogen-bond donors (Lipinski definition) is 1. The number of amides is 1. The summed E-state index contributed by atoms with van der Waals surface area (Å²) in [6, 6.07) is 3.84. The minimum Gasteiger partial charge on any atom is -0.395 e. The Kier molecular flexibility index (Phi) is 3.19. The van der Waals surface area contributed by atoms with Crippen LogP contribution in [-0.2, 0) is 0 Å². The van der Waals surface area contributed by atoms with E-state index in [9.17, 15) is 4.79 Å². The van der Waals surface area contributed by atoms with Crippen molar-refractivity contribution in [1.29, 1.82) is 0 Å². The summed E-state index contributed by atoms with van der Waals surface area (Å²) >= 11 is 0. The Morgan fingerprint density at radius 1 is 1.62 bits per heavy atom. The molecule has 0 spiro atoms. The smallest absolute Gasteiger partial charge is 0.254 e. The number of aliphatic hydroxyl groups is 1. The van der Waals surface area contributed by atoms with Gasteiger partial charge in [-0.05, 0) is 31.9 Å². The number of aryl methyl sites for hydroxylation is 1. The largest absolute Gasteiger partial charge is 0.395 e. The fourth-order valence-corrected chi connectivity index (χ4v) is 1.79. The van der Waals surface area contributed by atoms with Crippen LogP contribution in [0.5, 0.6) is 0 Å². The number of aliphatic hydroxyl groups excluding tert-OH is 1. The minimum atomic E-state index is 0.00190. The normalized spacial score (nSPS) is 14.9. The highest BCUT2D eigenvalue weighted by atomic mass is 16.3. The minimum absolute atomic E-state index is 0.00190. The highest BCUT2D eigenvalue weighted by Crippen LogP contribution is 2.27. The topological polar surface area (TPSA) is 53.4 Å². The summed E-state index contributed by atoms with van der Waals surface area (Å²) in [6.45, 7) is 2.31. The molecular formula is C12H16N2O2. The predicted molar refractivity (Wildman–Crippen MR) is 60.1 cm³/mol. The number of pyridine rings is 1. The Balaban J connectivity index is 2.15. The van der Waals surface area contributed by atoms with Gasteiger partial charge in [-0.3, -0.25) is 9.78 Å². The Bertz CT molecular complexity index is 388. The maximum absolute atomic E-state index is 12.2. The van der Waals surface area contributed by atoms with Gasteiger partial charge in [-0.25, -0.2) is 0 Å². The molecule has 86 valence electrons. The maximum Gasteiger partial charge on any atom is 0.254 e. The number of rotatable bonds is 4. The van der Waals surface area contributed by atoms with Gasteiger partial charge >= 0.3 is 0 Å². The molecule has 1 aliphatic rings. The zero-order chi connectivity index (χ0) is 11.5. The molecule has 1 N–H and O–H groups in total. The summed E-state index contributed by atoms with van der Waals surface area (Å²) in [7, 11) is 0. The molecule has 0 unspecified atom stereocenters. The van der Waals surface area contributed by atoms with Crippen LogP contribution in [0.2, 0.25) is 0 Å². The molecule has 4 heteroatoms. The van der Waals surface area contributed by atoms with E-state index in [0.717, 1.165) is 18.5 Å². The molecule has 0 radical (unpaired) electrons. The average molecular weight is 220 g/mol. The molecule has 16 heavy (non-hydrogen) atoms. The first-order valence-electron chi connectivity index (χ1n) is 5.57. The van der Waals surface area contributed by atoms with Gasteiger partial charge in [0, 0.05) is 30.0 Å². The van der Waals surface area contributed by atoms with Crippen LogP contribution < -0.4 is 0 Å². The van der Waals surface area contributed by atoms with E-state index >= 15 is 0 Å². The molecule has 0 saturated heterocycles. The van der Waals surface area contributed by atoms with Gasteiger partial charge in [0.05, 0.1) is 6.61 Å². The molecule has 1 aromatic rings. The maximum atomic E-state index is 12.2. The molecular weight excluding hydrogens is 204 g/mol. The van der Waals surface area contributed by atoms with Crippen LogP contribution in [-0.4, -0.2) is 40.1 Å². The van der Waals surface area contributed by atoms with Gasteiger partial charge in [0.25, 0.3) is 5.91 Å². The highest BCUT2D eigenvalue weighted by Gasteiger charge is 2.32. The van der Waals surface area contributed by atoms with E-state index in [1.54, 1.807) is 23.2 Å². The van der Waals surface area contributed by atoms with Crippen LogP contribution in [0, 0.1) is 6.92 Å². The van der Waals surface area contributed by atoms with Crippen LogP contribution in [0.15, 0.2) is 18.3 Å². The molecule has 1 saturated carbocycles. The average Bonchev–Trinajstić information content (AvgIpc) is 3.09. The van der Waals surface area contributed by atoms with E-state index < -0.39 is 0 Å². The van der Waals surface area contributed by atoms with E-state index in [-0.39, 0.29) is 12.5 Å². The summed E-state index contributed by atoms with van der Waals surface area (Å²) < 4.78 is 0. The van der Waals surface area contributed by atoms with Crippen molar-refractivity contribution in [2.45, 2.75) is 25.8 Å². The standard InChI is InChI=1S/C12H16N2O2/c1-9-8-10(4-5-13-9)12(16)14(6-7-15)11-2-3-11/h4-5,8,11,15H,2-3,6-7H2,1H3. The summed E-state index contributed by atoms with van der Waals surface area (Å²) in [6.07, 6.45) is 3.75. The zero-order valence-corrected chi connectivity index (χ0v) is 9.39.